The Kier molecular flexibility index (Phi) is 5.14. The first kappa shape index (κ1) is 18.9. The molecule has 1 aliphatic heterocycles. The van der Waals surface area contributed by atoms with Crippen molar-refractivity contribution in [2.45, 2.75) is 6.54 Å². The lowest BCUT2D eigenvalue weighted by atomic mass is 10.0. The fourth-order valence-electron chi connectivity index (χ4n) is 3.16. The second kappa shape index (κ2) is 7.89. The van der Waals surface area contributed by atoms with Crippen LogP contribution in [-0.4, -0.2) is 16.7 Å². The van der Waals surface area contributed by atoms with Gasteiger partial charge in [0.05, 0.1) is 12.1 Å². The quantitative estimate of drug-likeness (QED) is 0.615. The van der Waals surface area contributed by atoms with E-state index in [9.17, 15) is 14.0 Å². The van der Waals surface area contributed by atoms with Crippen molar-refractivity contribution >= 4 is 34.7 Å². The molecule has 0 saturated heterocycles. The molecule has 0 saturated carbocycles. The number of hydrogen-bond acceptors (Lipinski definition) is 3. The van der Waals surface area contributed by atoms with E-state index in [2.05, 4.69) is 5.32 Å². The molecule has 0 unspecified atom stereocenters. The molecular weight excluding hydrogens is 391 g/mol. The number of hydrogen-bond donors (Lipinski definition) is 1. The molecule has 1 aliphatic rings. The molecule has 0 bridgehead atoms. The van der Waals surface area contributed by atoms with Gasteiger partial charge in [-0.25, -0.2) is 4.39 Å². The summed E-state index contributed by atoms with van der Waals surface area (Å²) in [6.07, 6.45) is 0. The molecule has 0 spiro atoms. The number of benzene rings is 3. The van der Waals surface area contributed by atoms with E-state index in [0.29, 0.717) is 16.3 Å². The Morgan fingerprint density at radius 1 is 0.828 bits per heavy atom. The third-order valence-electron chi connectivity index (χ3n) is 4.60. The van der Waals surface area contributed by atoms with E-state index in [1.54, 1.807) is 36.4 Å². The molecule has 0 atom stereocenters. The van der Waals surface area contributed by atoms with E-state index >= 15 is 0 Å². The van der Waals surface area contributed by atoms with Crippen LogP contribution in [0.5, 0.6) is 0 Å². The average molecular weight is 407 g/mol. The highest BCUT2D eigenvalue weighted by Crippen LogP contribution is 2.31. The van der Waals surface area contributed by atoms with Crippen molar-refractivity contribution in [3.05, 3.63) is 107 Å². The summed E-state index contributed by atoms with van der Waals surface area (Å²) in [7, 11) is 0. The van der Waals surface area contributed by atoms with Gasteiger partial charge in [-0.3, -0.25) is 14.5 Å². The van der Waals surface area contributed by atoms with Gasteiger partial charge in [0.15, 0.2) is 0 Å². The number of halogens is 2. The van der Waals surface area contributed by atoms with Crippen molar-refractivity contribution in [1.29, 1.82) is 0 Å². The second-order valence-electron chi connectivity index (χ2n) is 6.57. The van der Waals surface area contributed by atoms with Gasteiger partial charge in [-0.2, -0.15) is 0 Å². The summed E-state index contributed by atoms with van der Waals surface area (Å²) in [6.45, 7) is 0.111. The third-order valence-corrected chi connectivity index (χ3v) is 4.85. The van der Waals surface area contributed by atoms with Gasteiger partial charge in [-0.1, -0.05) is 54.1 Å². The largest absolute Gasteiger partial charge is 0.350 e. The van der Waals surface area contributed by atoms with Crippen LogP contribution in [0.15, 0.2) is 84.6 Å². The van der Waals surface area contributed by atoms with E-state index in [1.165, 1.54) is 29.2 Å². The lowest BCUT2D eigenvalue weighted by molar-refractivity contribution is -0.137. The molecule has 1 N–H and O–H groups in total. The number of anilines is 1. The maximum atomic E-state index is 13.4. The molecule has 144 valence electrons. The summed E-state index contributed by atoms with van der Waals surface area (Å²) in [6, 6.07) is 21.6. The highest BCUT2D eigenvalue weighted by atomic mass is 35.5. The first-order chi connectivity index (χ1) is 14.0. The van der Waals surface area contributed by atoms with E-state index in [0.717, 1.165) is 5.56 Å². The van der Waals surface area contributed by atoms with Crippen molar-refractivity contribution in [2.75, 3.05) is 5.32 Å². The highest BCUT2D eigenvalue weighted by molar-refractivity contribution is 6.36. The first-order valence-corrected chi connectivity index (χ1v) is 9.33. The molecule has 3 aromatic rings. The summed E-state index contributed by atoms with van der Waals surface area (Å²) < 4.78 is 13.4. The average Bonchev–Trinajstić information content (AvgIpc) is 2.95. The van der Waals surface area contributed by atoms with Crippen LogP contribution in [0.3, 0.4) is 0 Å². The number of para-hydroxylation sites is 1. The van der Waals surface area contributed by atoms with Crippen molar-refractivity contribution < 1.29 is 14.0 Å². The van der Waals surface area contributed by atoms with E-state index in [1.807, 2.05) is 18.2 Å². The van der Waals surface area contributed by atoms with Gasteiger partial charge in [0, 0.05) is 10.7 Å². The Balaban J connectivity index is 1.72. The van der Waals surface area contributed by atoms with Gasteiger partial charge in [0.1, 0.15) is 11.5 Å². The van der Waals surface area contributed by atoms with Gasteiger partial charge < -0.3 is 5.32 Å². The number of nitrogens with zero attached hydrogens (tertiary/aromatic N) is 1. The number of nitrogens with one attached hydrogen (secondary N) is 1. The topological polar surface area (TPSA) is 49.4 Å². The zero-order valence-electron chi connectivity index (χ0n) is 15.2. The minimum absolute atomic E-state index is 0.111. The van der Waals surface area contributed by atoms with Gasteiger partial charge in [0.2, 0.25) is 0 Å². The first-order valence-electron chi connectivity index (χ1n) is 8.96. The van der Waals surface area contributed by atoms with Crippen LogP contribution >= 0.6 is 11.6 Å². The molecule has 4 rings (SSSR count). The van der Waals surface area contributed by atoms with Crippen LogP contribution < -0.4 is 5.32 Å². The smallest absolute Gasteiger partial charge is 0.278 e. The molecule has 0 fully saturated rings. The van der Waals surface area contributed by atoms with Crippen molar-refractivity contribution in [3.8, 4) is 0 Å². The fraction of sp³-hybridized carbons (Fsp3) is 0.0435. The predicted molar refractivity (Wildman–Crippen MR) is 110 cm³/mol. The van der Waals surface area contributed by atoms with Gasteiger partial charge in [0.25, 0.3) is 11.8 Å². The van der Waals surface area contributed by atoms with E-state index < -0.39 is 17.6 Å². The van der Waals surface area contributed by atoms with Gasteiger partial charge >= 0.3 is 0 Å². The molecule has 0 aliphatic carbocycles. The SMILES string of the molecule is O=C1C(Nc2ccccc2)=C(c2ccc(F)cc2)C(=O)N1Cc1ccc(Cl)cc1. The Morgan fingerprint density at radius 2 is 1.48 bits per heavy atom. The van der Waals surface area contributed by atoms with Crippen LogP contribution in [0.4, 0.5) is 10.1 Å². The summed E-state index contributed by atoms with van der Waals surface area (Å²) >= 11 is 5.92. The van der Waals surface area contributed by atoms with Crippen LogP contribution in [0.2, 0.25) is 5.02 Å². The Labute approximate surface area is 172 Å². The molecule has 0 radical (unpaired) electrons. The Hall–Kier alpha value is -3.44. The Morgan fingerprint density at radius 3 is 2.14 bits per heavy atom. The van der Waals surface area contributed by atoms with E-state index in [4.69, 9.17) is 11.6 Å². The van der Waals surface area contributed by atoms with Crippen molar-refractivity contribution in [3.63, 3.8) is 0 Å². The second-order valence-corrected chi connectivity index (χ2v) is 7.01. The van der Waals surface area contributed by atoms with Crippen LogP contribution in [-0.2, 0) is 16.1 Å². The standard InChI is InChI=1S/C23H16ClFN2O2/c24-17-10-6-15(7-11-17)14-27-22(28)20(16-8-12-18(25)13-9-16)21(23(27)29)26-19-4-2-1-3-5-19/h1-13,26H,14H2. The molecular formula is C23H16ClFN2O2. The van der Waals surface area contributed by atoms with Crippen LogP contribution in [0.1, 0.15) is 11.1 Å². The predicted octanol–water partition coefficient (Wildman–Crippen LogP) is 4.87. The van der Waals surface area contributed by atoms with E-state index in [-0.39, 0.29) is 17.8 Å². The normalized spacial score (nSPS) is 13.9. The number of amides is 2. The molecule has 6 heteroatoms. The maximum absolute atomic E-state index is 13.4. The number of carbonyl (C=O) groups is 2. The van der Waals surface area contributed by atoms with Crippen LogP contribution in [0.25, 0.3) is 5.57 Å². The van der Waals surface area contributed by atoms with Crippen molar-refractivity contribution in [1.82, 2.24) is 4.90 Å². The lowest BCUT2D eigenvalue weighted by Crippen LogP contribution is -2.32. The summed E-state index contributed by atoms with van der Waals surface area (Å²) in [5, 5.41) is 3.64. The maximum Gasteiger partial charge on any atom is 0.278 e. The number of carbonyl (C=O) groups excluding carboxylic acids is 2. The number of rotatable bonds is 5. The zero-order valence-corrected chi connectivity index (χ0v) is 16.0. The summed E-state index contributed by atoms with van der Waals surface area (Å²) in [4.78, 5) is 27.5. The molecule has 1 heterocycles. The minimum atomic E-state index is -0.437. The molecule has 3 aromatic carbocycles. The monoisotopic (exact) mass is 406 g/mol. The summed E-state index contributed by atoms with van der Waals surface area (Å²) in [5.41, 5.74) is 2.31. The Bertz CT molecular complexity index is 1090. The zero-order chi connectivity index (χ0) is 20.4. The number of imide groups is 1. The fourth-order valence-corrected chi connectivity index (χ4v) is 3.28. The minimum Gasteiger partial charge on any atom is -0.350 e. The molecule has 2 amide bonds. The third kappa shape index (κ3) is 3.91. The molecule has 4 nitrogen and oxygen atoms in total. The van der Waals surface area contributed by atoms with Gasteiger partial charge in [-0.05, 0) is 47.5 Å². The van der Waals surface area contributed by atoms with Gasteiger partial charge in [-0.15, -0.1) is 0 Å². The lowest BCUT2D eigenvalue weighted by Gasteiger charge is -2.15. The summed E-state index contributed by atoms with van der Waals surface area (Å²) in [5.74, 6) is -1.29. The molecule has 0 aromatic heterocycles. The van der Waals surface area contributed by atoms with Crippen molar-refractivity contribution in [2.24, 2.45) is 0 Å². The highest BCUT2D eigenvalue weighted by Gasteiger charge is 2.39. The van der Waals surface area contributed by atoms with Crippen LogP contribution in [0, 0.1) is 5.82 Å². The molecule has 29 heavy (non-hydrogen) atoms.